The van der Waals surface area contributed by atoms with Gasteiger partial charge < -0.3 is 5.73 Å². The zero-order valence-electron chi connectivity index (χ0n) is 6.43. The quantitative estimate of drug-likeness (QED) is 0.681. The molecule has 1 aliphatic carbocycles. The van der Waals surface area contributed by atoms with E-state index in [-0.39, 0.29) is 12.0 Å². The molecule has 0 heterocycles. The molecule has 0 amide bonds. The third-order valence-corrected chi connectivity index (χ3v) is 2.22. The Balaban J connectivity index is 2.38. The highest BCUT2D eigenvalue weighted by Crippen LogP contribution is 2.40. The Kier molecular flexibility index (Phi) is 1.61. The Morgan fingerprint density at radius 1 is 1.33 bits per heavy atom. The topological polar surface area (TPSA) is 26.0 Å². The maximum absolute atomic E-state index is 13.0. The molecule has 1 aromatic carbocycles. The molecule has 0 radical (unpaired) electrons. The van der Waals surface area contributed by atoms with Gasteiger partial charge in [0.1, 0.15) is 0 Å². The van der Waals surface area contributed by atoms with E-state index in [1.54, 1.807) is 6.07 Å². The fourth-order valence-corrected chi connectivity index (χ4v) is 1.38. The smallest absolute Gasteiger partial charge is 0.162 e. The molecule has 2 rings (SSSR count). The molecule has 0 aromatic heterocycles. The fourth-order valence-electron chi connectivity index (χ4n) is 1.38. The number of halogens is 2. The number of hydrogen-bond donors (Lipinski definition) is 1. The van der Waals surface area contributed by atoms with Crippen molar-refractivity contribution in [1.82, 2.24) is 0 Å². The van der Waals surface area contributed by atoms with Crippen LogP contribution in [0.15, 0.2) is 18.2 Å². The Labute approximate surface area is 69.2 Å². The van der Waals surface area contributed by atoms with Crippen molar-refractivity contribution in [3.63, 3.8) is 0 Å². The molecule has 0 spiro atoms. The molecule has 1 saturated carbocycles. The zero-order chi connectivity index (χ0) is 8.72. The molecule has 0 bridgehead atoms. The summed E-state index contributed by atoms with van der Waals surface area (Å²) in [5.41, 5.74) is 5.95. The molecule has 1 nitrogen and oxygen atoms in total. The van der Waals surface area contributed by atoms with Crippen LogP contribution in [0.2, 0.25) is 0 Å². The van der Waals surface area contributed by atoms with E-state index in [0.29, 0.717) is 5.56 Å². The first kappa shape index (κ1) is 7.68. The van der Waals surface area contributed by atoms with Crippen LogP contribution >= 0.6 is 0 Å². The van der Waals surface area contributed by atoms with E-state index in [4.69, 9.17) is 5.73 Å². The average molecular weight is 169 g/mol. The number of benzene rings is 1. The van der Waals surface area contributed by atoms with E-state index in [1.165, 1.54) is 6.07 Å². The summed E-state index contributed by atoms with van der Waals surface area (Å²) in [6.07, 6.45) is 0.764. The highest BCUT2D eigenvalue weighted by atomic mass is 19.2. The summed E-state index contributed by atoms with van der Waals surface area (Å²) in [5, 5.41) is 0. The van der Waals surface area contributed by atoms with E-state index >= 15 is 0 Å². The number of rotatable bonds is 1. The summed E-state index contributed by atoms with van der Waals surface area (Å²) in [5.74, 6) is -1.50. The second-order valence-electron chi connectivity index (χ2n) is 3.15. The molecule has 3 heteroatoms. The molecule has 1 aliphatic rings. The van der Waals surface area contributed by atoms with Crippen molar-refractivity contribution in [2.45, 2.75) is 18.4 Å². The van der Waals surface area contributed by atoms with Gasteiger partial charge in [-0.25, -0.2) is 8.78 Å². The minimum Gasteiger partial charge on any atom is -0.327 e. The van der Waals surface area contributed by atoms with E-state index in [0.717, 1.165) is 12.5 Å². The van der Waals surface area contributed by atoms with Crippen LogP contribution in [0.3, 0.4) is 0 Å². The minimum atomic E-state index is -0.786. The normalized spacial score (nSPS) is 27.2. The maximum Gasteiger partial charge on any atom is 0.162 e. The Morgan fingerprint density at radius 2 is 2.00 bits per heavy atom. The van der Waals surface area contributed by atoms with Crippen molar-refractivity contribution < 1.29 is 8.78 Å². The van der Waals surface area contributed by atoms with Gasteiger partial charge in [-0.1, -0.05) is 12.1 Å². The maximum atomic E-state index is 13.0. The van der Waals surface area contributed by atoms with Crippen LogP contribution in [0, 0.1) is 11.6 Å². The van der Waals surface area contributed by atoms with Gasteiger partial charge in [0.15, 0.2) is 11.6 Å². The summed E-state index contributed by atoms with van der Waals surface area (Å²) in [6, 6.07) is 4.24. The third kappa shape index (κ3) is 1.10. The predicted molar refractivity (Wildman–Crippen MR) is 41.7 cm³/mol. The first-order chi connectivity index (χ1) is 5.70. The summed E-state index contributed by atoms with van der Waals surface area (Å²) in [7, 11) is 0. The standard InChI is InChI=1S/C9H9F2N/c10-7-3-1-2-5(9(7)11)6-4-8(6)12/h1-3,6,8H,4,12H2. The first-order valence-electron chi connectivity index (χ1n) is 3.89. The Morgan fingerprint density at radius 3 is 2.58 bits per heavy atom. The van der Waals surface area contributed by atoms with E-state index in [1.807, 2.05) is 0 Å². The van der Waals surface area contributed by atoms with Crippen LogP contribution in [-0.4, -0.2) is 6.04 Å². The molecular weight excluding hydrogens is 160 g/mol. The van der Waals surface area contributed by atoms with Gasteiger partial charge in [-0.05, 0) is 18.1 Å². The van der Waals surface area contributed by atoms with Gasteiger partial charge >= 0.3 is 0 Å². The largest absolute Gasteiger partial charge is 0.327 e. The molecule has 2 atom stereocenters. The second kappa shape index (κ2) is 2.52. The molecule has 0 saturated heterocycles. The molecule has 0 aliphatic heterocycles. The van der Waals surface area contributed by atoms with Crippen molar-refractivity contribution in [3.8, 4) is 0 Å². The molecule has 64 valence electrons. The summed E-state index contributed by atoms with van der Waals surface area (Å²) in [6.45, 7) is 0. The number of nitrogens with two attached hydrogens (primary N) is 1. The van der Waals surface area contributed by atoms with Gasteiger partial charge in [0.25, 0.3) is 0 Å². The van der Waals surface area contributed by atoms with Crippen LogP contribution in [0.1, 0.15) is 17.9 Å². The SMILES string of the molecule is NC1CC1c1cccc(F)c1F. The molecule has 12 heavy (non-hydrogen) atoms. The lowest BCUT2D eigenvalue weighted by molar-refractivity contribution is 0.498. The van der Waals surface area contributed by atoms with Gasteiger partial charge in [-0.15, -0.1) is 0 Å². The highest BCUT2D eigenvalue weighted by molar-refractivity contribution is 5.29. The Bertz CT molecular complexity index is 311. The molecule has 1 aromatic rings. The van der Waals surface area contributed by atoms with Crippen molar-refractivity contribution in [2.24, 2.45) is 5.73 Å². The monoisotopic (exact) mass is 169 g/mol. The predicted octanol–water partition coefficient (Wildman–Crippen LogP) is 1.78. The van der Waals surface area contributed by atoms with Crippen LogP contribution in [0.5, 0.6) is 0 Å². The van der Waals surface area contributed by atoms with Gasteiger partial charge in [0, 0.05) is 12.0 Å². The van der Waals surface area contributed by atoms with Gasteiger partial charge in [-0.2, -0.15) is 0 Å². The average Bonchev–Trinajstić information content (AvgIpc) is 2.73. The highest BCUT2D eigenvalue weighted by Gasteiger charge is 2.37. The lowest BCUT2D eigenvalue weighted by Crippen LogP contribution is -2.03. The first-order valence-corrected chi connectivity index (χ1v) is 3.89. The lowest BCUT2D eigenvalue weighted by atomic mass is 10.1. The minimum absolute atomic E-state index is 0.0151. The van der Waals surface area contributed by atoms with Gasteiger partial charge in [0.2, 0.25) is 0 Å². The number of hydrogen-bond acceptors (Lipinski definition) is 1. The van der Waals surface area contributed by atoms with Crippen LogP contribution in [-0.2, 0) is 0 Å². The van der Waals surface area contributed by atoms with E-state index < -0.39 is 11.6 Å². The van der Waals surface area contributed by atoms with Crippen molar-refractivity contribution in [3.05, 3.63) is 35.4 Å². The van der Waals surface area contributed by atoms with Gasteiger partial charge in [0.05, 0.1) is 0 Å². The molecule has 1 fully saturated rings. The second-order valence-corrected chi connectivity index (χ2v) is 3.15. The van der Waals surface area contributed by atoms with Crippen molar-refractivity contribution in [1.29, 1.82) is 0 Å². The molecule has 2 N–H and O–H groups in total. The fraction of sp³-hybridized carbons (Fsp3) is 0.333. The van der Waals surface area contributed by atoms with E-state index in [2.05, 4.69) is 0 Å². The zero-order valence-corrected chi connectivity index (χ0v) is 6.43. The van der Waals surface area contributed by atoms with Crippen LogP contribution in [0.4, 0.5) is 8.78 Å². The van der Waals surface area contributed by atoms with Crippen LogP contribution in [0.25, 0.3) is 0 Å². The third-order valence-electron chi connectivity index (χ3n) is 2.22. The van der Waals surface area contributed by atoms with Crippen molar-refractivity contribution >= 4 is 0 Å². The summed E-state index contributed by atoms with van der Waals surface area (Å²) >= 11 is 0. The Hall–Kier alpha value is -0.960. The molecular formula is C9H9F2N. The lowest BCUT2D eigenvalue weighted by Gasteiger charge is -2.00. The van der Waals surface area contributed by atoms with Crippen molar-refractivity contribution in [2.75, 3.05) is 0 Å². The van der Waals surface area contributed by atoms with E-state index in [9.17, 15) is 8.78 Å². The van der Waals surface area contributed by atoms with Crippen LogP contribution < -0.4 is 5.73 Å². The summed E-state index contributed by atoms with van der Waals surface area (Å²) in [4.78, 5) is 0. The van der Waals surface area contributed by atoms with Gasteiger partial charge in [-0.3, -0.25) is 0 Å². The molecule has 2 unspecified atom stereocenters. The summed E-state index contributed by atoms with van der Waals surface area (Å²) < 4.78 is 25.7.